The number of rotatable bonds is 4. The number of ether oxygens (including phenoxy) is 1. The van der Waals surface area contributed by atoms with Crippen molar-refractivity contribution in [2.75, 3.05) is 7.11 Å². The van der Waals surface area contributed by atoms with E-state index in [0.717, 1.165) is 23.4 Å². The average molecular weight is 368 g/mol. The molecule has 0 saturated heterocycles. The van der Waals surface area contributed by atoms with E-state index in [1.54, 1.807) is 24.3 Å². The van der Waals surface area contributed by atoms with Crippen LogP contribution in [0.1, 0.15) is 21.5 Å². The van der Waals surface area contributed by atoms with Crippen molar-refractivity contribution < 1.29 is 22.7 Å². The van der Waals surface area contributed by atoms with Gasteiger partial charge in [0.2, 0.25) is 0 Å². The van der Waals surface area contributed by atoms with Crippen LogP contribution in [0.5, 0.6) is 0 Å². The molecule has 0 aliphatic heterocycles. The van der Waals surface area contributed by atoms with Gasteiger partial charge >= 0.3 is 12.1 Å². The second-order valence-corrected chi connectivity index (χ2v) is 5.94. The number of hydrogen-bond acceptors (Lipinski definition) is 4. The van der Waals surface area contributed by atoms with Gasteiger partial charge in [0.1, 0.15) is 0 Å². The highest BCUT2D eigenvalue weighted by Gasteiger charge is 2.33. The number of aliphatic imine (C=N–C) groups is 1. The van der Waals surface area contributed by atoms with E-state index in [4.69, 9.17) is 5.73 Å². The SMILES string of the molecule is COC(=O)c1cccc(CSC(N)=Nc2ccccc2C(F)(F)F)c1. The molecule has 0 fully saturated rings. The molecule has 4 nitrogen and oxygen atoms in total. The molecule has 0 aromatic heterocycles. The summed E-state index contributed by atoms with van der Waals surface area (Å²) in [5.74, 6) is -0.110. The third kappa shape index (κ3) is 5.25. The van der Waals surface area contributed by atoms with E-state index in [-0.39, 0.29) is 10.9 Å². The van der Waals surface area contributed by atoms with Crippen molar-refractivity contribution in [2.24, 2.45) is 10.7 Å². The maximum absolute atomic E-state index is 12.9. The summed E-state index contributed by atoms with van der Waals surface area (Å²) < 4.78 is 43.5. The third-order valence-corrected chi connectivity index (χ3v) is 4.04. The van der Waals surface area contributed by atoms with Gasteiger partial charge in [-0.15, -0.1) is 0 Å². The van der Waals surface area contributed by atoms with Gasteiger partial charge in [-0.1, -0.05) is 36.0 Å². The zero-order valence-corrected chi connectivity index (χ0v) is 14.0. The molecule has 0 atom stereocenters. The fraction of sp³-hybridized carbons (Fsp3) is 0.176. The summed E-state index contributed by atoms with van der Waals surface area (Å²) >= 11 is 1.08. The molecule has 0 saturated carbocycles. The second-order valence-electron chi connectivity index (χ2n) is 4.95. The van der Waals surface area contributed by atoms with Gasteiger partial charge in [-0.05, 0) is 29.8 Å². The smallest absolute Gasteiger partial charge is 0.418 e. The number of thioether (sulfide) groups is 1. The van der Waals surface area contributed by atoms with E-state index < -0.39 is 17.7 Å². The minimum atomic E-state index is -4.50. The minimum absolute atomic E-state index is 0.000158. The lowest BCUT2D eigenvalue weighted by molar-refractivity contribution is -0.137. The van der Waals surface area contributed by atoms with Crippen LogP contribution in [0.3, 0.4) is 0 Å². The number of nitrogens with zero attached hydrogens (tertiary/aromatic N) is 1. The number of methoxy groups -OCH3 is 1. The van der Waals surface area contributed by atoms with Crippen LogP contribution in [0.15, 0.2) is 53.5 Å². The molecule has 0 spiro atoms. The number of hydrogen-bond donors (Lipinski definition) is 1. The molecule has 0 amide bonds. The first-order chi connectivity index (χ1) is 11.8. The Balaban J connectivity index is 2.12. The van der Waals surface area contributed by atoms with E-state index >= 15 is 0 Å². The van der Waals surface area contributed by atoms with Crippen LogP contribution in [-0.2, 0) is 16.7 Å². The van der Waals surface area contributed by atoms with E-state index in [1.165, 1.54) is 25.3 Å². The predicted octanol–water partition coefficient (Wildman–Crippen LogP) is 4.37. The topological polar surface area (TPSA) is 64.7 Å². The highest BCUT2D eigenvalue weighted by Crippen LogP contribution is 2.36. The summed E-state index contributed by atoms with van der Waals surface area (Å²) in [7, 11) is 1.28. The predicted molar refractivity (Wildman–Crippen MR) is 91.8 cm³/mol. The van der Waals surface area contributed by atoms with E-state index in [9.17, 15) is 18.0 Å². The number of halogens is 3. The van der Waals surface area contributed by atoms with Crippen LogP contribution in [0.25, 0.3) is 0 Å². The van der Waals surface area contributed by atoms with Crippen LogP contribution in [0, 0.1) is 0 Å². The Hall–Kier alpha value is -2.48. The lowest BCUT2D eigenvalue weighted by Gasteiger charge is -2.10. The molecule has 0 unspecified atom stereocenters. The van der Waals surface area contributed by atoms with Crippen LogP contribution in [0.2, 0.25) is 0 Å². The maximum atomic E-state index is 12.9. The van der Waals surface area contributed by atoms with Crippen molar-refractivity contribution in [1.29, 1.82) is 0 Å². The lowest BCUT2D eigenvalue weighted by atomic mass is 10.1. The molecular formula is C17H15F3N2O2S. The zero-order chi connectivity index (χ0) is 18.4. The Labute approximate surface area is 146 Å². The van der Waals surface area contributed by atoms with Crippen molar-refractivity contribution in [3.63, 3.8) is 0 Å². The molecule has 2 aromatic rings. The molecule has 25 heavy (non-hydrogen) atoms. The average Bonchev–Trinajstić information content (AvgIpc) is 2.59. The molecule has 2 rings (SSSR count). The van der Waals surface area contributed by atoms with Crippen molar-refractivity contribution in [2.45, 2.75) is 11.9 Å². The third-order valence-electron chi connectivity index (χ3n) is 3.17. The molecule has 0 aliphatic rings. The van der Waals surface area contributed by atoms with Crippen molar-refractivity contribution in [3.05, 3.63) is 65.2 Å². The summed E-state index contributed by atoms with van der Waals surface area (Å²) in [6.07, 6.45) is -4.50. The van der Waals surface area contributed by atoms with Gasteiger partial charge in [0.05, 0.1) is 23.9 Å². The van der Waals surface area contributed by atoms with Gasteiger partial charge in [0.15, 0.2) is 5.17 Å². The van der Waals surface area contributed by atoms with E-state index in [0.29, 0.717) is 11.3 Å². The number of para-hydroxylation sites is 1. The summed E-state index contributed by atoms with van der Waals surface area (Å²) in [5, 5.41) is 0.000158. The molecule has 0 aliphatic carbocycles. The molecule has 0 bridgehead atoms. The van der Waals surface area contributed by atoms with Gasteiger partial charge in [-0.3, -0.25) is 0 Å². The molecule has 132 valence electrons. The first-order valence-electron chi connectivity index (χ1n) is 7.11. The quantitative estimate of drug-likeness (QED) is 0.494. The highest BCUT2D eigenvalue weighted by molar-refractivity contribution is 8.13. The van der Waals surface area contributed by atoms with E-state index in [1.807, 2.05) is 0 Å². The van der Waals surface area contributed by atoms with Crippen molar-refractivity contribution in [3.8, 4) is 0 Å². The van der Waals surface area contributed by atoms with Gasteiger partial charge in [-0.25, -0.2) is 9.79 Å². The molecule has 2 N–H and O–H groups in total. The van der Waals surface area contributed by atoms with Crippen molar-refractivity contribution >= 4 is 28.6 Å². The first-order valence-corrected chi connectivity index (χ1v) is 8.10. The Bertz CT molecular complexity index is 791. The fourth-order valence-electron chi connectivity index (χ4n) is 2.03. The maximum Gasteiger partial charge on any atom is 0.418 e. The van der Waals surface area contributed by atoms with E-state index in [2.05, 4.69) is 9.73 Å². The molecular weight excluding hydrogens is 353 g/mol. The molecule has 0 heterocycles. The lowest BCUT2D eigenvalue weighted by Crippen LogP contribution is -2.09. The number of nitrogens with two attached hydrogens (primary N) is 1. The number of esters is 1. The monoisotopic (exact) mass is 368 g/mol. The second kappa shape index (κ2) is 8.06. The molecule has 8 heteroatoms. The zero-order valence-electron chi connectivity index (χ0n) is 13.2. The summed E-state index contributed by atoms with van der Waals surface area (Å²) in [5.41, 5.74) is 5.83. The Kier molecular flexibility index (Phi) is 6.08. The van der Waals surface area contributed by atoms with Crippen molar-refractivity contribution in [1.82, 2.24) is 0 Å². The number of benzene rings is 2. The Morgan fingerprint density at radius 1 is 1.20 bits per heavy atom. The first kappa shape index (κ1) is 18.9. The Morgan fingerprint density at radius 3 is 2.60 bits per heavy atom. The van der Waals surface area contributed by atoms with Crippen LogP contribution in [-0.4, -0.2) is 18.2 Å². The largest absolute Gasteiger partial charge is 0.465 e. The van der Waals surface area contributed by atoms with Gasteiger partial charge in [-0.2, -0.15) is 13.2 Å². The summed E-state index contributed by atoms with van der Waals surface area (Å²) in [6.45, 7) is 0. The normalized spacial score (nSPS) is 12.1. The fourth-order valence-corrected chi connectivity index (χ4v) is 2.68. The number of alkyl halides is 3. The van der Waals surface area contributed by atoms with Gasteiger partial charge in [0.25, 0.3) is 0 Å². The molecule has 0 radical (unpaired) electrons. The van der Waals surface area contributed by atoms with Crippen LogP contribution >= 0.6 is 11.8 Å². The number of carbonyl (C=O) groups excluding carboxylic acids is 1. The minimum Gasteiger partial charge on any atom is -0.465 e. The summed E-state index contributed by atoms with van der Waals surface area (Å²) in [4.78, 5) is 15.4. The summed E-state index contributed by atoms with van der Waals surface area (Å²) in [6, 6.07) is 11.7. The standard InChI is InChI=1S/C17H15F3N2O2S/c1-24-15(23)12-6-4-5-11(9-12)10-25-16(21)22-14-8-3-2-7-13(14)17(18,19)20/h2-9H,10H2,1H3,(H2,21,22). The number of carbonyl (C=O) groups is 1. The Morgan fingerprint density at radius 2 is 1.92 bits per heavy atom. The van der Waals surface area contributed by atoms with Gasteiger partial charge < -0.3 is 10.5 Å². The molecule has 2 aromatic carbocycles. The highest BCUT2D eigenvalue weighted by atomic mass is 32.2. The van der Waals surface area contributed by atoms with Crippen LogP contribution < -0.4 is 5.73 Å². The van der Waals surface area contributed by atoms with Gasteiger partial charge in [0, 0.05) is 5.75 Å². The van der Waals surface area contributed by atoms with Crippen LogP contribution in [0.4, 0.5) is 18.9 Å². The number of amidine groups is 1.